The molecule has 2 aromatic heterocycles. The first-order valence-corrected chi connectivity index (χ1v) is 9.21. The highest BCUT2D eigenvalue weighted by Gasteiger charge is 2.13. The maximum absolute atomic E-state index is 5.39. The molecule has 5 nitrogen and oxygen atoms in total. The smallest absolute Gasteiger partial charge is 0.257 e. The SMILES string of the molecule is CCn1c(SCc2noc(-c3ccc(C)cc3)n2)nc2ccccc21. The van der Waals surface area contributed by atoms with Crippen molar-refractivity contribution in [3.63, 3.8) is 0 Å². The van der Waals surface area contributed by atoms with Crippen molar-refractivity contribution in [2.75, 3.05) is 0 Å². The fourth-order valence-electron chi connectivity index (χ4n) is 2.72. The number of aryl methyl sites for hydroxylation is 2. The number of aromatic nitrogens is 4. The maximum atomic E-state index is 5.39. The van der Waals surface area contributed by atoms with Crippen LogP contribution in [0.1, 0.15) is 18.3 Å². The van der Waals surface area contributed by atoms with Gasteiger partial charge in [-0.15, -0.1) is 0 Å². The van der Waals surface area contributed by atoms with E-state index in [1.54, 1.807) is 11.8 Å². The van der Waals surface area contributed by atoms with Gasteiger partial charge >= 0.3 is 0 Å². The predicted molar refractivity (Wildman–Crippen MR) is 99.4 cm³/mol. The Kier molecular flexibility index (Phi) is 4.28. The first-order chi connectivity index (χ1) is 12.2. The molecule has 0 atom stereocenters. The number of imidazole rings is 1. The van der Waals surface area contributed by atoms with Gasteiger partial charge in [0.25, 0.3) is 5.89 Å². The van der Waals surface area contributed by atoms with E-state index >= 15 is 0 Å². The van der Waals surface area contributed by atoms with Gasteiger partial charge in [0.2, 0.25) is 0 Å². The van der Waals surface area contributed by atoms with Crippen molar-refractivity contribution in [2.45, 2.75) is 31.3 Å². The maximum Gasteiger partial charge on any atom is 0.257 e. The van der Waals surface area contributed by atoms with E-state index in [1.807, 2.05) is 42.5 Å². The van der Waals surface area contributed by atoms with Gasteiger partial charge in [-0.05, 0) is 38.1 Å². The molecule has 4 aromatic rings. The van der Waals surface area contributed by atoms with Gasteiger partial charge in [-0.3, -0.25) is 0 Å². The quantitative estimate of drug-likeness (QED) is 0.488. The van der Waals surface area contributed by atoms with Crippen molar-refractivity contribution >= 4 is 22.8 Å². The first-order valence-electron chi connectivity index (χ1n) is 8.22. The van der Waals surface area contributed by atoms with E-state index in [1.165, 1.54) is 5.56 Å². The summed E-state index contributed by atoms with van der Waals surface area (Å²) in [6.45, 7) is 5.06. The Bertz CT molecular complexity index is 1000. The molecule has 0 aliphatic carbocycles. The van der Waals surface area contributed by atoms with Crippen LogP contribution in [0.3, 0.4) is 0 Å². The molecule has 2 heterocycles. The number of fused-ring (bicyclic) bond motifs is 1. The van der Waals surface area contributed by atoms with Gasteiger partial charge in [0.15, 0.2) is 11.0 Å². The molecule has 0 fully saturated rings. The summed E-state index contributed by atoms with van der Waals surface area (Å²) in [6, 6.07) is 16.3. The molecule has 0 saturated heterocycles. The van der Waals surface area contributed by atoms with Crippen LogP contribution in [0.4, 0.5) is 0 Å². The van der Waals surface area contributed by atoms with Crippen LogP contribution >= 0.6 is 11.8 Å². The lowest BCUT2D eigenvalue weighted by Crippen LogP contribution is -1.96. The first kappa shape index (κ1) is 15.9. The van der Waals surface area contributed by atoms with E-state index in [4.69, 9.17) is 9.51 Å². The monoisotopic (exact) mass is 350 g/mol. The van der Waals surface area contributed by atoms with Gasteiger partial charge in [-0.25, -0.2) is 4.98 Å². The molecule has 0 amide bonds. The third-order valence-electron chi connectivity index (χ3n) is 4.03. The zero-order chi connectivity index (χ0) is 17.2. The number of benzene rings is 2. The molecule has 0 aliphatic heterocycles. The number of thioether (sulfide) groups is 1. The average molecular weight is 350 g/mol. The van der Waals surface area contributed by atoms with Crippen LogP contribution in [0, 0.1) is 6.92 Å². The van der Waals surface area contributed by atoms with E-state index in [9.17, 15) is 0 Å². The Morgan fingerprint density at radius 1 is 1.04 bits per heavy atom. The molecule has 0 radical (unpaired) electrons. The number of rotatable bonds is 5. The standard InChI is InChI=1S/C19H18N4OS/c1-3-23-16-7-5-4-6-15(16)20-19(23)25-12-17-21-18(24-22-17)14-10-8-13(2)9-11-14/h4-11H,3,12H2,1-2H3. The molecular weight excluding hydrogens is 332 g/mol. The van der Waals surface area contributed by atoms with E-state index in [0.29, 0.717) is 17.5 Å². The van der Waals surface area contributed by atoms with Crippen molar-refractivity contribution < 1.29 is 4.52 Å². The Morgan fingerprint density at radius 2 is 1.84 bits per heavy atom. The summed E-state index contributed by atoms with van der Waals surface area (Å²) >= 11 is 1.63. The van der Waals surface area contributed by atoms with Crippen molar-refractivity contribution in [1.29, 1.82) is 0 Å². The normalized spacial score (nSPS) is 11.3. The van der Waals surface area contributed by atoms with Crippen molar-refractivity contribution in [3.8, 4) is 11.5 Å². The molecular formula is C19H18N4OS. The predicted octanol–water partition coefficient (Wildman–Crippen LogP) is 4.71. The number of hydrogen-bond donors (Lipinski definition) is 0. The molecule has 6 heteroatoms. The topological polar surface area (TPSA) is 56.7 Å². The third-order valence-corrected chi connectivity index (χ3v) is 5.01. The van der Waals surface area contributed by atoms with Crippen LogP contribution in [0.25, 0.3) is 22.5 Å². The van der Waals surface area contributed by atoms with Crippen LogP contribution in [0.15, 0.2) is 58.2 Å². The largest absolute Gasteiger partial charge is 0.334 e. The second-order valence-electron chi connectivity index (χ2n) is 5.80. The van der Waals surface area contributed by atoms with Crippen LogP contribution in [0.2, 0.25) is 0 Å². The minimum atomic E-state index is 0.555. The van der Waals surface area contributed by atoms with Crippen LogP contribution in [-0.4, -0.2) is 19.7 Å². The Labute approximate surface area is 150 Å². The van der Waals surface area contributed by atoms with E-state index in [0.717, 1.165) is 28.3 Å². The van der Waals surface area contributed by atoms with Gasteiger partial charge in [0.1, 0.15) is 0 Å². The highest BCUT2D eigenvalue weighted by atomic mass is 32.2. The molecule has 0 spiro atoms. The fourth-order valence-corrected chi connectivity index (χ4v) is 3.65. The van der Waals surface area contributed by atoms with E-state index in [2.05, 4.69) is 34.6 Å². The van der Waals surface area contributed by atoms with Crippen molar-refractivity contribution in [1.82, 2.24) is 19.7 Å². The van der Waals surface area contributed by atoms with Gasteiger partial charge in [0.05, 0.1) is 16.8 Å². The number of nitrogens with zero attached hydrogens (tertiary/aromatic N) is 4. The molecule has 0 bridgehead atoms. The summed E-state index contributed by atoms with van der Waals surface area (Å²) in [4.78, 5) is 9.21. The van der Waals surface area contributed by atoms with E-state index < -0.39 is 0 Å². The van der Waals surface area contributed by atoms with Gasteiger partial charge in [-0.2, -0.15) is 4.98 Å². The Balaban J connectivity index is 1.53. The second-order valence-corrected chi connectivity index (χ2v) is 6.74. The zero-order valence-corrected chi connectivity index (χ0v) is 15.0. The average Bonchev–Trinajstić information content (AvgIpc) is 3.24. The summed E-state index contributed by atoms with van der Waals surface area (Å²) in [6.07, 6.45) is 0. The lowest BCUT2D eigenvalue weighted by molar-refractivity contribution is 0.425. The van der Waals surface area contributed by atoms with Crippen LogP contribution in [-0.2, 0) is 12.3 Å². The lowest BCUT2D eigenvalue weighted by atomic mass is 10.1. The van der Waals surface area contributed by atoms with Crippen molar-refractivity contribution in [2.24, 2.45) is 0 Å². The molecule has 0 aliphatic rings. The number of para-hydroxylation sites is 2. The molecule has 0 saturated carbocycles. The number of hydrogen-bond acceptors (Lipinski definition) is 5. The molecule has 25 heavy (non-hydrogen) atoms. The summed E-state index contributed by atoms with van der Waals surface area (Å²) < 4.78 is 7.60. The molecule has 4 rings (SSSR count). The minimum absolute atomic E-state index is 0.555. The molecule has 0 N–H and O–H groups in total. The summed E-state index contributed by atoms with van der Waals surface area (Å²) in [5.74, 6) is 1.86. The zero-order valence-electron chi connectivity index (χ0n) is 14.1. The summed E-state index contributed by atoms with van der Waals surface area (Å²) in [5.41, 5.74) is 4.31. The van der Waals surface area contributed by atoms with Crippen molar-refractivity contribution in [3.05, 3.63) is 59.9 Å². The van der Waals surface area contributed by atoms with Gasteiger partial charge in [0, 0.05) is 12.1 Å². The molecule has 0 unspecified atom stereocenters. The highest BCUT2D eigenvalue weighted by Crippen LogP contribution is 2.27. The van der Waals surface area contributed by atoms with Gasteiger partial charge in [-0.1, -0.05) is 46.7 Å². The minimum Gasteiger partial charge on any atom is -0.334 e. The molecule has 126 valence electrons. The second kappa shape index (κ2) is 6.72. The Hall–Kier alpha value is -2.60. The Morgan fingerprint density at radius 3 is 2.64 bits per heavy atom. The highest BCUT2D eigenvalue weighted by molar-refractivity contribution is 7.98. The lowest BCUT2D eigenvalue weighted by Gasteiger charge is -2.03. The summed E-state index contributed by atoms with van der Waals surface area (Å²) in [5, 5.41) is 5.07. The van der Waals surface area contributed by atoms with Crippen LogP contribution in [0.5, 0.6) is 0 Å². The third kappa shape index (κ3) is 3.17. The fraction of sp³-hybridized carbons (Fsp3) is 0.211. The van der Waals surface area contributed by atoms with Crippen LogP contribution < -0.4 is 0 Å². The van der Waals surface area contributed by atoms with Gasteiger partial charge < -0.3 is 9.09 Å². The molecule has 2 aromatic carbocycles. The van der Waals surface area contributed by atoms with E-state index in [-0.39, 0.29) is 0 Å². The summed E-state index contributed by atoms with van der Waals surface area (Å²) in [7, 11) is 0.